The second-order valence-electron chi connectivity index (χ2n) is 6.17. The first kappa shape index (κ1) is 25.1. The molecule has 0 heterocycles. The van der Waals surface area contributed by atoms with E-state index in [1.807, 2.05) is 6.92 Å². The predicted octanol–water partition coefficient (Wildman–Crippen LogP) is 4.94. The lowest BCUT2D eigenvalue weighted by Crippen LogP contribution is -2.30. The molecule has 1 aromatic rings. The molecule has 0 aliphatic heterocycles. The van der Waals surface area contributed by atoms with Gasteiger partial charge in [-0.15, -0.1) is 0 Å². The first-order valence-corrected chi connectivity index (χ1v) is 10.8. The van der Waals surface area contributed by atoms with Crippen molar-refractivity contribution in [2.24, 2.45) is 0 Å². The van der Waals surface area contributed by atoms with Gasteiger partial charge in [0.15, 0.2) is 0 Å². The highest BCUT2D eigenvalue weighted by molar-refractivity contribution is 7.87. The summed E-state index contributed by atoms with van der Waals surface area (Å²) in [5.74, 6) is -1.55. The maximum Gasteiger partial charge on any atom is 0.534 e. The maximum absolute atomic E-state index is 12.7. The molecule has 11 heteroatoms. The predicted molar refractivity (Wildman–Crippen MR) is 106 cm³/mol. The molecular weight excluding hydrogens is 433 g/mol. The lowest BCUT2D eigenvalue weighted by molar-refractivity contribution is -0.113. The summed E-state index contributed by atoms with van der Waals surface area (Å²) in [4.78, 5) is 12.7. The van der Waals surface area contributed by atoms with Gasteiger partial charge in [0.25, 0.3) is 5.91 Å². The highest BCUT2D eigenvalue weighted by Crippen LogP contribution is 2.28. The van der Waals surface area contributed by atoms with Crippen LogP contribution < -0.4 is 10.6 Å². The van der Waals surface area contributed by atoms with Crippen LogP contribution in [0.3, 0.4) is 0 Å². The molecule has 1 rings (SSSR count). The van der Waals surface area contributed by atoms with Gasteiger partial charge in [-0.25, -0.2) is 0 Å². The molecule has 0 aliphatic rings. The Morgan fingerprint density at radius 1 is 1.17 bits per heavy atom. The first-order chi connectivity index (χ1) is 13.5. The lowest BCUT2D eigenvalue weighted by atomic mass is 10.1. The highest BCUT2D eigenvalue weighted by atomic mass is 35.5. The number of halogens is 4. The second-order valence-corrected chi connectivity index (χ2v) is 8.14. The number of unbranched alkanes of at least 4 members (excludes halogenated alkanes) is 4. The molecule has 6 nitrogen and oxygen atoms in total. The van der Waals surface area contributed by atoms with Gasteiger partial charge >= 0.3 is 15.6 Å². The molecule has 0 radical (unpaired) electrons. The molecule has 0 unspecified atom stereocenters. The number of benzene rings is 1. The van der Waals surface area contributed by atoms with E-state index >= 15 is 0 Å². The summed E-state index contributed by atoms with van der Waals surface area (Å²) in [5, 5.41) is 5.09. The number of alkyl halides is 3. The van der Waals surface area contributed by atoms with Gasteiger partial charge in [0.05, 0.1) is 5.57 Å². The molecule has 0 atom stereocenters. The van der Waals surface area contributed by atoms with Crippen LogP contribution in [0.25, 0.3) is 0 Å². The fourth-order valence-electron chi connectivity index (χ4n) is 2.41. The minimum Gasteiger partial charge on any atom is -0.358 e. The van der Waals surface area contributed by atoms with E-state index in [-0.39, 0.29) is 12.0 Å². The number of amides is 1. The first-order valence-electron chi connectivity index (χ1n) is 9.00. The molecule has 0 bridgehead atoms. The fraction of sp³-hybridized carbons (Fsp3) is 0.500. The molecule has 1 aromatic carbocycles. The molecule has 2 N–H and O–H groups in total. The second kappa shape index (κ2) is 11.3. The number of carbonyl (C=O) groups is 1. The normalized spacial score (nSPS) is 12.9. The summed E-state index contributed by atoms with van der Waals surface area (Å²) in [6, 6.07) is 6.15. The minimum atomic E-state index is -5.93. The van der Waals surface area contributed by atoms with Crippen LogP contribution in [0.5, 0.6) is 0 Å². The molecule has 0 fully saturated rings. The Morgan fingerprint density at radius 3 is 2.38 bits per heavy atom. The summed E-state index contributed by atoms with van der Waals surface area (Å²) in [6.07, 6.45) is 4.08. The van der Waals surface area contributed by atoms with Crippen LogP contribution >= 0.6 is 11.6 Å². The number of rotatable bonds is 11. The van der Waals surface area contributed by atoms with Crippen molar-refractivity contribution in [1.82, 2.24) is 5.32 Å². The number of hydrogen-bond donors (Lipinski definition) is 2. The van der Waals surface area contributed by atoms with Gasteiger partial charge in [0.1, 0.15) is 0 Å². The van der Waals surface area contributed by atoms with Crippen molar-refractivity contribution in [3.05, 3.63) is 40.7 Å². The van der Waals surface area contributed by atoms with Crippen molar-refractivity contribution in [2.75, 3.05) is 12.4 Å². The van der Waals surface area contributed by atoms with E-state index in [1.165, 1.54) is 19.2 Å². The van der Waals surface area contributed by atoms with Crippen LogP contribution in [0, 0.1) is 0 Å². The lowest BCUT2D eigenvalue weighted by Gasteiger charge is -2.17. The number of anilines is 1. The number of hydrogen-bond acceptors (Lipinski definition) is 5. The molecule has 0 saturated carbocycles. The third-order valence-electron chi connectivity index (χ3n) is 3.86. The summed E-state index contributed by atoms with van der Waals surface area (Å²) in [5.41, 5.74) is -5.55. The van der Waals surface area contributed by atoms with Crippen LogP contribution in [-0.2, 0) is 19.1 Å². The minimum absolute atomic E-state index is 0.0274. The molecule has 0 aromatic heterocycles. The number of carbonyl (C=O) groups excluding carboxylic acids is 1. The summed E-state index contributed by atoms with van der Waals surface area (Å²) in [6.45, 7) is 2.03. The smallest absolute Gasteiger partial charge is 0.358 e. The van der Waals surface area contributed by atoms with Crippen LogP contribution in [0.4, 0.5) is 18.9 Å². The topological polar surface area (TPSA) is 84.5 Å². The highest BCUT2D eigenvalue weighted by Gasteiger charge is 2.49. The Morgan fingerprint density at radius 2 is 1.83 bits per heavy atom. The zero-order valence-corrected chi connectivity index (χ0v) is 17.7. The molecule has 0 aliphatic carbocycles. The van der Waals surface area contributed by atoms with Crippen molar-refractivity contribution in [3.63, 3.8) is 0 Å². The molecule has 1 amide bonds. The van der Waals surface area contributed by atoms with E-state index in [1.54, 1.807) is 12.1 Å². The SMILES string of the molecule is CCCCCCC/C(C(=O)Nc1cccc(Cl)c1)=C(/NC)OS(=O)(=O)C(F)(F)F. The summed E-state index contributed by atoms with van der Waals surface area (Å²) in [7, 11) is -4.76. The van der Waals surface area contributed by atoms with Gasteiger partial charge in [-0.3, -0.25) is 4.79 Å². The third-order valence-corrected chi connectivity index (χ3v) is 5.05. The van der Waals surface area contributed by atoms with Gasteiger partial charge < -0.3 is 14.8 Å². The van der Waals surface area contributed by atoms with E-state index in [0.29, 0.717) is 17.1 Å². The van der Waals surface area contributed by atoms with E-state index in [4.69, 9.17) is 11.6 Å². The van der Waals surface area contributed by atoms with E-state index < -0.39 is 27.4 Å². The van der Waals surface area contributed by atoms with Gasteiger partial charge in [-0.1, -0.05) is 50.3 Å². The molecule has 29 heavy (non-hydrogen) atoms. The Labute approximate surface area is 173 Å². The van der Waals surface area contributed by atoms with Crippen molar-refractivity contribution in [3.8, 4) is 0 Å². The monoisotopic (exact) mass is 456 g/mol. The molecule has 164 valence electrons. The van der Waals surface area contributed by atoms with Gasteiger partial charge in [0, 0.05) is 17.8 Å². The Hall–Kier alpha value is -1.94. The maximum atomic E-state index is 12.7. The third kappa shape index (κ3) is 8.14. The average Bonchev–Trinajstić information content (AvgIpc) is 2.62. The van der Waals surface area contributed by atoms with E-state index in [2.05, 4.69) is 14.8 Å². The van der Waals surface area contributed by atoms with Gasteiger partial charge in [-0.05, 0) is 31.0 Å². The Balaban J connectivity index is 3.14. The van der Waals surface area contributed by atoms with Crippen molar-refractivity contribution in [2.45, 2.75) is 51.0 Å². The standard InChI is InChI=1S/C18H24ClF3N2O4S/c1-3-4-5-6-7-11-15(16(25)24-14-10-8-9-13(19)12-14)17(23-2)28-29(26,27)18(20,21)22/h8-10,12,23H,3-7,11H2,1-2H3,(H,24,25)/b17-15+. The molecule has 0 saturated heterocycles. The average molecular weight is 457 g/mol. The van der Waals surface area contributed by atoms with Gasteiger partial charge in [-0.2, -0.15) is 21.6 Å². The zero-order chi connectivity index (χ0) is 22.1. The van der Waals surface area contributed by atoms with Crippen molar-refractivity contribution in [1.29, 1.82) is 0 Å². The van der Waals surface area contributed by atoms with Crippen LogP contribution in [0.15, 0.2) is 35.7 Å². The van der Waals surface area contributed by atoms with Crippen LogP contribution in [0.1, 0.15) is 45.4 Å². The zero-order valence-electron chi connectivity index (χ0n) is 16.1. The summed E-state index contributed by atoms with van der Waals surface area (Å²) < 4.78 is 65.1. The van der Waals surface area contributed by atoms with Gasteiger partial charge in [0.2, 0.25) is 5.88 Å². The molecule has 0 spiro atoms. The summed E-state index contributed by atoms with van der Waals surface area (Å²) >= 11 is 5.86. The quantitative estimate of drug-likeness (QED) is 0.162. The van der Waals surface area contributed by atoms with Crippen molar-refractivity contribution < 1.29 is 30.6 Å². The number of nitrogens with one attached hydrogen (secondary N) is 2. The fourth-order valence-corrected chi connectivity index (χ4v) is 3.10. The molecular formula is C18H24ClF3N2O4S. The van der Waals surface area contributed by atoms with Crippen LogP contribution in [-0.4, -0.2) is 26.9 Å². The van der Waals surface area contributed by atoms with Crippen molar-refractivity contribution >= 4 is 33.3 Å². The Bertz CT molecular complexity index is 827. The largest absolute Gasteiger partial charge is 0.534 e. The van der Waals surface area contributed by atoms with Crippen LogP contribution in [0.2, 0.25) is 5.02 Å². The Kier molecular flexibility index (Phi) is 9.78. The van der Waals surface area contributed by atoms with E-state index in [9.17, 15) is 26.4 Å². The van der Waals surface area contributed by atoms with E-state index in [0.717, 1.165) is 25.7 Å².